The average molecular weight is 312 g/mol. The molecule has 0 fully saturated rings. The zero-order chi connectivity index (χ0) is 15.5. The average Bonchev–Trinajstić information content (AvgIpc) is 3.15. The first-order valence-electron chi connectivity index (χ1n) is 6.98. The Hall–Kier alpha value is -2.40. The number of nitrogens with one attached hydrogen (secondary N) is 1. The highest BCUT2D eigenvalue weighted by Crippen LogP contribution is 2.23. The van der Waals surface area contributed by atoms with Gasteiger partial charge in [0.15, 0.2) is 11.5 Å². The molecule has 0 saturated heterocycles. The Kier molecular flexibility index (Phi) is 4.06. The van der Waals surface area contributed by atoms with E-state index in [0.717, 1.165) is 21.8 Å². The highest BCUT2D eigenvalue weighted by Gasteiger charge is 2.13. The summed E-state index contributed by atoms with van der Waals surface area (Å²) in [5.41, 5.74) is 3.01. The van der Waals surface area contributed by atoms with Gasteiger partial charge in [-0.25, -0.2) is 4.98 Å². The van der Waals surface area contributed by atoms with Crippen LogP contribution in [0.5, 0.6) is 0 Å². The van der Waals surface area contributed by atoms with Crippen LogP contribution >= 0.6 is 11.3 Å². The van der Waals surface area contributed by atoms with Crippen LogP contribution in [0.1, 0.15) is 26.7 Å². The first-order valence-corrected chi connectivity index (χ1v) is 7.86. The predicted octanol–water partition coefficient (Wildman–Crippen LogP) is 3.95. The van der Waals surface area contributed by atoms with Gasteiger partial charge >= 0.3 is 0 Å². The molecule has 1 amide bonds. The first kappa shape index (κ1) is 14.5. The molecule has 1 N–H and O–H groups in total. The molecule has 5 heteroatoms. The van der Waals surface area contributed by atoms with Crippen LogP contribution in [-0.4, -0.2) is 10.9 Å². The van der Waals surface area contributed by atoms with Crippen LogP contribution in [0.15, 0.2) is 46.2 Å². The van der Waals surface area contributed by atoms with Crippen LogP contribution in [0.3, 0.4) is 0 Å². The summed E-state index contributed by atoms with van der Waals surface area (Å²) in [6.07, 6.45) is 0. The van der Waals surface area contributed by atoms with Crippen molar-refractivity contribution in [3.05, 3.63) is 63.7 Å². The molecule has 0 radical (unpaired) electrons. The summed E-state index contributed by atoms with van der Waals surface area (Å²) >= 11 is 1.55. The summed E-state index contributed by atoms with van der Waals surface area (Å²) in [4.78, 5) is 16.5. The Labute approximate surface area is 132 Å². The summed E-state index contributed by atoms with van der Waals surface area (Å²) in [5, 5.41) is 5.76. The van der Waals surface area contributed by atoms with E-state index >= 15 is 0 Å². The molecule has 112 valence electrons. The van der Waals surface area contributed by atoms with E-state index in [1.165, 1.54) is 0 Å². The van der Waals surface area contributed by atoms with E-state index in [2.05, 4.69) is 10.3 Å². The van der Waals surface area contributed by atoms with Gasteiger partial charge in [-0.3, -0.25) is 4.79 Å². The number of amides is 1. The molecule has 0 unspecified atom stereocenters. The zero-order valence-electron chi connectivity index (χ0n) is 12.4. The maximum Gasteiger partial charge on any atom is 0.287 e. The van der Waals surface area contributed by atoms with Crippen molar-refractivity contribution in [3.8, 4) is 11.5 Å². The Balaban J connectivity index is 1.68. The van der Waals surface area contributed by atoms with Crippen molar-refractivity contribution in [2.75, 3.05) is 0 Å². The maximum absolute atomic E-state index is 12.2. The topological polar surface area (TPSA) is 55.1 Å². The van der Waals surface area contributed by atoms with Gasteiger partial charge in [0.05, 0.1) is 5.01 Å². The second-order valence-corrected chi connectivity index (χ2v) is 6.09. The normalized spacial score (nSPS) is 10.6. The molecular weight excluding hydrogens is 296 g/mol. The number of aryl methyl sites for hydroxylation is 2. The molecule has 2 aromatic heterocycles. The molecule has 4 nitrogen and oxygen atoms in total. The van der Waals surface area contributed by atoms with Crippen molar-refractivity contribution in [3.63, 3.8) is 0 Å². The van der Waals surface area contributed by atoms with E-state index in [9.17, 15) is 4.79 Å². The number of furan rings is 1. The third-order valence-electron chi connectivity index (χ3n) is 3.40. The largest absolute Gasteiger partial charge is 0.449 e. The molecule has 3 rings (SSSR count). The molecule has 0 aliphatic heterocycles. The molecule has 0 aliphatic rings. The summed E-state index contributed by atoms with van der Waals surface area (Å²) in [7, 11) is 0. The van der Waals surface area contributed by atoms with E-state index < -0.39 is 0 Å². The lowest BCUT2D eigenvalue weighted by Gasteiger charge is -2.06. The number of carbonyl (C=O) groups is 1. The minimum atomic E-state index is -0.221. The van der Waals surface area contributed by atoms with Gasteiger partial charge in [0, 0.05) is 11.9 Å². The molecule has 0 atom stereocenters. The Morgan fingerprint density at radius 3 is 2.77 bits per heavy atom. The van der Waals surface area contributed by atoms with Gasteiger partial charge in [0.1, 0.15) is 5.69 Å². The summed E-state index contributed by atoms with van der Waals surface area (Å²) in [6, 6.07) is 11.4. The molecular formula is C17H16N2O2S. The van der Waals surface area contributed by atoms with Gasteiger partial charge in [-0.1, -0.05) is 24.3 Å². The lowest BCUT2D eigenvalue weighted by molar-refractivity contribution is 0.0924. The second-order valence-electron chi connectivity index (χ2n) is 5.02. The highest BCUT2D eigenvalue weighted by atomic mass is 32.1. The standard InChI is InChI=1S/C17H16N2O2S/c1-11-5-3-4-6-13(11)9-18-17(20)16-8-7-15(21-16)14-10-22-12(2)19-14/h3-8,10H,9H2,1-2H3,(H,18,20). The van der Waals surface area contributed by atoms with Gasteiger partial charge < -0.3 is 9.73 Å². The smallest absolute Gasteiger partial charge is 0.287 e. The van der Waals surface area contributed by atoms with Gasteiger partial charge in [-0.05, 0) is 37.1 Å². The number of aromatic nitrogens is 1. The van der Waals surface area contributed by atoms with Crippen molar-refractivity contribution >= 4 is 17.2 Å². The second kappa shape index (κ2) is 6.15. The van der Waals surface area contributed by atoms with E-state index in [-0.39, 0.29) is 5.91 Å². The molecule has 22 heavy (non-hydrogen) atoms. The lowest BCUT2D eigenvalue weighted by atomic mass is 10.1. The lowest BCUT2D eigenvalue weighted by Crippen LogP contribution is -2.22. The Morgan fingerprint density at radius 1 is 1.23 bits per heavy atom. The first-order chi connectivity index (χ1) is 10.6. The Morgan fingerprint density at radius 2 is 2.05 bits per heavy atom. The quantitative estimate of drug-likeness (QED) is 0.793. The maximum atomic E-state index is 12.2. The number of rotatable bonds is 4. The van der Waals surface area contributed by atoms with Crippen molar-refractivity contribution in [2.24, 2.45) is 0 Å². The van der Waals surface area contributed by atoms with E-state index in [1.807, 2.05) is 43.5 Å². The van der Waals surface area contributed by atoms with Crippen LogP contribution in [0.2, 0.25) is 0 Å². The molecule has 3 aromatic rings. The van der Waals surface area contributed by atoms with Gasteiger partial charge in [-0.2, -0.15) is 0 Å². The predicted molar refractivity (Wildman–Crippen MR) is 86.9 cm³/mol. The molecule has 0 spiro atoms. The van der Waals surface area contributed by atoms with Crippen LogP contribution in [-0.2, 0) is 6.54 Å². The van der Waals surface area contributed by atoms with E-state index in [0.29, 0.717) is 18.1 Å². The van der Waals surface area contributed by atoms with Gasteiger partial charge in [0.2, 0.25) is 0 Å². The zero-order valence-corrected chi connectivity index (χ0v) is 13.2. The van der Waals surface area contributed by atoms with Gasteiger partial charge in [-0.15, -0.1) is 11.3 Å². The molecule has 2 heterocycles. The fourth-order valence-corrected chi connectivity index (χ4v) is 2.75. The number of thiazole rings is 1. The fourth-order valence-electron chi connectivity index (χ4n) is 2.15. The van der Waals surface area contributed by atoms with Crippen molar-refractivity contribution in [1.29, 1.82) is 0 Å². The SMILES string of the molecule is Cc1nc(-c2ccc(C(=O)NCc3ccccc3C)o2)cs1. The highest BCUT2D eigenvalue weighted by molar-refractivity contribution is 7.09. The summed E-state index contributed by atoms with van der Waals surface area (Å²) in [5.74, 6) is 0.695. The van der Waals surface area contributed by atoms with Crippen molar-refractivity contribution in [2.45, 2.75) is 20.4 Å². The molecule has 0 saturated carbocycles. The Bertz CT molecular complexity index is 804. The van der Waals surface area contributed by atoms with Crippen LogP contribution in [0.4, 0.5) is 0 Å². The molecule has 0 bridgehead atoms. The summed E-state index contributed by atoms with van der Waals surface area (Å²) in [6.45, 7) is 4.45. The fraction of sp³-hybridized carbons (Fsp3) is 0.176. The monoisotopic (exact) mass is 312 g/mol. The number of hydrogen-bond donors (Lipinski definition) is 1. The number of nitrogens with zero attached hydrogens (tertiary/aromatic N) is 1. The van der Waals surface area contributed by atoms with Crippen LogP contribution in [0, 0.1) is 13.8 Å². The van der Waals surface area contributed by atoms with Crippen molar-refractivity contribution < 1.29 is 9.21 Å². The third-order valence-corrected chi connectivity index (χ3v) is 4.18. The van der Waals surface area contributed by atoms with Crippen LogP contribution < -0.4 is 5.32 Å². The summed E-state index contributed by atoms with van der Waals surface area (Å²) < 4.78 is 5.60. The van der Waals surface area contributed by atoms with Crippen molar-refractivity contribution in [1.82, 2.24) is 10.3 Å². The van der Waals surface area contributed by atoms with Crippen LogP contribution in [0.25, 0.3) is 11.5 Å². The third kappa shape index (κ3) is 3.09. The van der Waals surface area contributed by atoms with Gasteiger partial charge in [0.25, 0.3) is 5.91 Å². The van der Waals surface area contributed by atoms with E-state index in [1.54, 1.807) is 23.5 Å². The van der Waals surface area contributed by atoms with E-state index in [4.69, 9.17) is 4.42 Å². The molecule has 0 aliphatic carbocycles. The molecule has 1 aromatic carbocycles. The number of benzene rings is 1. The minimum Gasteiger partial charge on any atom is -0.449 e. The number of hydrogen-bond acceptors (Lipinski definition) is 4. The minimum absolute atomic E-state index is 0.221. The number of carbonyl (C=O) groups excluding carboxylic acids is 1.